The van der Waals surface area contributed by atoms with E-state index in [1.165, 1.54) is 31.4 Å². The number of ether oxygens (including phenoxy) is 1. The monoisotopic (exact) mass is 338 g/mol. The van der Waals surface area contributed by atoms with Gasteiger partial charge in [-0.1, -0.05) is 18.2 Å². The van der Waals surface area contributed by atoms with E-state index in [1.807, 2.05) is 0 Å². The van der Waals surface area contributed by atoms with E-state index >= 15 is 0 Å². The molecule has 0 bridgehead atoms. The minimum atomic E-state index is -1.44. The van der Waals surface area contributed by atoms with Crippen LogP contribution in [0.5, 0.6) is 5.75 Å². The van der Waals surface area contributed by atoms with E-state index in [2.05, 4.69) is 5.32 Å². The van der Waals surface area contributed by atoms with Crippen molar-refractivity contribution in [2.24, 2.45) is 0 Å². The summed E-state index contributed by atoms with van der Waals surface area (Å²) >= 11 is 0. The number of nitrogens with one attached hydrogen (secondary N) is 1. The van der Waals surface area contributed by atoms with Crippen molar-refractivity contribution in [3.05, 3.63) is 70.1 Å². The molecule has 0 saturated heterocycles. The number of carbonyl (C=O) groups excluding carboxylic acids is 2. The number of aromatic carboxylic acids is 1. The van der Waals surface area contributed by atoms with Crippen molar-refractivity contribution in [3.63, 3.8) is 0 Å². The Morgan fingerprint density at radius 2 is 1.84 bits per heavy atom. The molecule has 2 aromatic carbocycles. The second-order valence-electron chi connectivity index (χ2n) is 5.14. The van der Waals surface area contributed by atoms with Crippen molar-refractivity contribution >= 4 is 28.5 Å². The van der Waals surface area contributed by atoms with Crippen molar-refractivity contribution in [1.82, 2.24) is 0 Å². The number of carbonyl (C=O) groups is 2. The highest BCUT2D eigenvalue weighted by Crippen LogP contribution is 2.21. The van der Waals surface area contributed by atoms with Crippen molar-refractivity contribution in [2.75, 3.05) is 12.4 Å². The number of carboxylic acid groups (broad SMARTS) is 1. The van der Waals surface area contributed by atoms with Crippen LogP contribution in [0.25, 0.3) is 11.0 Å². The zero-order valence-corrected chi connectivity index (χ0v) is 13.1. The second-order valence-corrected chi connectivity index (χ2v) is 5.14. The number of rotatable bonds is 4. The highest BCUT2D eigenvalue weighted by atomic mass is 16.5. The Hall–Kier alpha value is -3.61. The van der Waals surface area contributed by atoms with E-state index in [1.54, 1.807) is 24.3 Å². The standard InChI is InChI=1S/C18H13NO6/c1-24-11-6-7-15-10(8-11)9-13(18(23)25-15)16(20)19-14-5-3-2-4-12(14)17(21)22/h2-9H,1H3,(H,19,20)(H,21,22)/p-1. The minimum Gasteiger partial charge on any atom is -0.545 e. The first-order valence-corrected chi connectivity index (χ1v) is 7.23. The van der Waals surface area contributed by atoms with Crippen LogP contribution in [0, 0.1) is 0 Å². The normalized spacial score (nSPS) is 10.4. The molecule has 7 heteroatoms. The smallest absolute Gasteiger partial charge is 0.349 e. The lowest BCUT2D eigenvalue weighted by Gasteiger charge is -2.11. The average Bonchev–Trinajstić information content (AvgIpc) is 2.61. The van der Waals surface area contributed by atoms with Crippen molar-refractivity contribution in [1.29, 1.82) is 0 Å². The van der Waals surface area contributed by atoms with Gasteiger partial charge in [0.15, 0.2) is 0 Å². The summed E-state index contributed by atoms with van der Waals surface area (Å²) < 4.78 is 10.2. The number of para-hydroxylation sites is 1. The zero-order valence-electron chi connectivity index (χ0n) is 13.1. The van der Waals surface area contributed by atoms with Crippen LogP contribution in [0.2, 0.25) is 0 Å². The number of methoxy groups -OCH3 is 1. The number of carboxylic acids is 1. The molecule has 0 spiro atoms. The summed E-state index contributed by atoms with van der Waals surface area (Å²) in [6, 6.07) is 11.9. The van der Waals surface area contributed by atoms with Gasteiger partial charge in [0, 0.05) is 10.9 Å². The Labute approximate surface area is 141 Å². The predicted octanol–water partition coefficient (Wildman–Crippen LogP) is 1.42. The highest BCUT2D eigenvalue weighted by Gasteiger charge is 2.16. The third-order valence-electron chi connectivity index (χ3n) is 3.58. The largest absolute Gasteiger partial charge is 0.545 e. The summed E-state index contributed by atoms with van der Waals surface area (Å²) in [6.07, 6.45) is 0. The number of fused-ring (bicyclic) bond motifs is 1. The van der Waals surface area contributed by atoms with E-state index in [0.717, 1.165) is 0 Å². The van der Waals surface area contributed by atoms with Crippen LogP contribution >= 0.6 is 0 Å². The number of hydrogen-bond donors (Lipinski definition) is 1. The maximum absolute atomic E-state index is 12.4. The fourth-order valence-electron chi connectivity index (χ4n) is 2.35. The lowest BCUT2D eigenvalue weighted by Crippen LogP contribution is -2.26. The molecule has 0 fully saturated rings. The van der Waals surface area contributed by atoms with Gasteiger partial charge in [0.1, 0.15) is 16.9 Å². The molecular formula is C18H12NO6-. The van der Waals surface area contributed by atoms with Gasteiger partial charge in [-0.2, -0.15) is 0 Å². The molecular weight excluding hydrogens is 326 g/mol. The average molecular weight is 338 g/mol. The van der Waals surface area contributed by atoms with E-state index < -0.39 is 17.5 Å². The van der Waals surface area contributed by atoms with E-state index in [9.17, 15) is 19.5 Å². The van der Waals surface area contributed by atoms with Crippen molar-refractivity contribution in [2.45, 2.75) is 0 Å². The van der Waals surface area contributed by atoms with Gasteiger partial charge in [-0.25, -0.2) is 4.79 Å². The molecule has 0 aliphatic rings. The van der Waals surface area contributed by atoms with Gasteiger partial charge in [-0.3, -0.25) is 4.79 Å². The Kier molecular flexibility index (Phi) is 4.21. The molecule has 25 heavy (non-hydrogen) atoms. The van der Waals surface area contributed by atoms with Crippen LogP contribution in [-0.2, 0) is 0 Å². The molecule has 0 unspecified atom stereocenters. The first kappa shape index (κ1) is 16.3. The van der Waals surface area contributed by atoms with Crippen LogP contribution in [-0.4, -0.2) is 19.0 Å². The highest BCUT2D eigenvalue weighted by molar-refractivity contribution is 6.08. The second kappa shape index (κ2) is 6.48. The molecule has 126 valence electrons. The quantitative estimate of drug-likeness (QED) is 0.721. The summed E-state index contributed by atoms with van der Waals surface area (Å²) in [6.45, 7) is 0. The van der Waals surface area contributed by atoms with Crippen LogP contribution in [0.15, 0.2) is 57.7 Å². The summed E-state index contributed by atoms with van der Waals surface area (Å²) in [5, 5.41) is 14.0. The fourth-order valence-corrected chi connectivity index (χ4v) is 2.35. The summed E-state index contributed by atoms with van der Waals surface area (Å²) in [5.74, 6) is -1.69. The summed E-state index contributed by atoms with van der Waals surface area (Å²) in [5.41, 5.74) is -0.951. The molecule has 0 atom stereocenters. The minimum absolute atomic E-state index is 0.0256. The van der Waals surface area contributed by atoms with E-state index in [4.69, 9.17) is 9.15 Å². The molecule has 1 N–H and O–H groups in total. The lowest BCUT2D eigenvalue weighted by atomic mass is 10.1. The molecule has 3 aromatic rings. The number of hydrogen-bond acceptors (Lipinski definition) is 6. The van der Waals surface area contributed by atoms with Gasteiger partial charge in [-0.15, -0.1) is 0 Å². The predicted molar refractivity (Wildman–Crippen MR) is 87.8 cm³/mol. The SMILES string of the molecule is COc1ccc2oc(=O)c(C(=O)Nc3ccccc3C(=O)[O-])cc2c1. The van der Waals surface area contributed by atoms with Gasteiger partial charge in [-0.05, 0) is 30.3 Å². The van der Waals surface area contributed by atoms with Gasteiger partial charge in [0.05, 0.1) is 18.8 Å². The lowest BCUT2D eigenvalue weighted by molar-refractivity contribution is -0.254. The van der Waals surface area contributed by atoms with Gasteiger partial charge in [0.2, 0.25) is 0 Å². The Bertz CT molecular complexity index is 1040. The maximum Gasteiger partial charge on any atom is 0.349 e. The molecule has 0 radical (unpaired) electrons. The molecule has 1 heterocycles. The zero-order chi connectivity index (χ0) is 18.0. The maximum atomic E-state index is 12.4. The molecule has 0 aliphatic carbocycles. The topological polar surface area (TPSA) is 109 Å². The van der Waals surface area contributed by atoms with Crippen LogP contribution in [0.1, 0.15) is 20.7 Å². The van der Waals surface area contributed by atoms with Gasteiger partial charge in [0.25, 0.3) is 5.91 Å². The van der Waals surface area contributed by atoms with Crippen LogP contribution in [0.4, 0.5) is 5.69 Å². The Morgan fingerprint density at radius 1 is 1.08 bits per heavy atom. The van der Waals surface area contributed by atoms with Crippen molar-refractivity contribution in [3.8, 4) is 5.75 Å². The van der Waals surface area contributed by atoms with E-state index in [-0.39, 0.29) is 16.8 Å². The molecule has 1 aromatic heterocycles. The molecule has 1 amide bonds. The summed E-state index contributed by atoms with van der Waals surface area (Å²) in [4.78, 5) is 35.5. The third-order valence-corrected chi connectivity index (χ3v) is 3.58. The Balaban J connectivity index is 2.01. The molecule has 3 rings (SSSR count). The number of amides is 1. The number of anilines is 1. The van der Waals surface area contributed by atoms with Crippen molar-refractivity contribution < 1.29 is 23.8 Å². The van der Waals surface area contributed by atoms with Gasteiger partial charge < -0.3 is 24.4 Å². The number of benzene rings is 2. The molecule has 0 aliphatic heterocycles. The molecule has 7 nitrogen and oxygen atoms in total. The molecule has 0 saturated carbocycles. The van der Waals surface area contributed by atoms with Gasteiger partial charge >= 0.3 is 5.63 Å². The third kappa shape index (κ3) is 3.20. The van der Waals surface area contributed by atoms with Crippen LogP contribution in [0.3, 0.4) is 0 Å². The summed E-state index contributed by atoms with van der Waals surface area (Å²) in [7, 11) is 1.49. The van der Waals surface area contributed by atoms with Crippen LogP contribution < -0.4 is 20.8 Å². The Morgan fingerprint density at radius 3 is 2.56 bits per heavy atom. The van der Waals surface area contributed by atoms with E-state index in [0.29, 0.717) is 16.7 Å². The fraction of sp³-hybridized carbons (Fsp3) is 0.0556. The first-order chi connectivity index (χ1) is 12.0. The first-order valence-electron chi connectivity index (χ1n) is 7.23.